The maximum absolute atomic E-state index is 2.76. The highest BCUT2D eigenvalue weighted by atomic mass is 31.1. The van der Waals surface area contributed by atoms with Crippen molar-refractivity contribution in [3.63, 3.8) is 0 Å². The highest BCUT2D eigenvalue weighted by Gasteiger charge is 2.36. The van der Waals surface area contributed by atoms with Crippen molar-refractivity contribution in [2.75, 3.05) is 7.05 Å². The van der Waals surface area contributed by atoms with Gasteiger partial charge in [-0.05, 0) is 60.3 Å². The summed E-state index contributed by atoms with van der Waals surface area (Å²) in [5.41, 5.74) is 0. The van der Waals surface area contributed by atoms with E-state index in [4.69, 9.17) is 0 Å². The number of hydrogen-bond donors (Lipinski definition) is 0. The lowest BCUT2D eigenvalue weighted by molar-refractivity contribution is 0.321. The number of hydrogen-bond acceptors (Lipinski definition) is 1. The fourth-order valence-electron chi connectivity index (χ4n) is 6.44. The van der Waals surface area contributed by atoms with Crippen molar-refractivity contribution in [1.29, 1.82) is 0 Å². The summed E-state index contributed by atoms with van der Waals surface area (Å²) in [7, 11) is 1.07. The first-order chi connectivity index (χ1) is 21.3. The summed E-state index contributed by atoms with van der Waals surface area (Å²) >= 11 is 0. The van der Waals surface area contributed by atoms with E-state index in [9.17, 15) is 0 Å². The first-order valence-electron chi connectivity index (χ1n) is 15.6. The molecule has 1 unspecified atom stereocenters. The lowest BCUT2D eigenvalue weighted by Crippen LogP contribution is -2.39. The zero-order chi connectivity index (χ0) is 29.3. The topological polar surface area (TPSA) is 3.24 Å². The van der Waals surface area contributed by atoms with Crippen LogP contribution in [0.25, 0.3) is 0 Å². The van der Waals surface area contributed by atoms with Crippen LogP contribution in [0.1, 0.15) is 25.7 Å². The molecule has 4 aromatic rings. The molecule has 2 aliphatic rings. The van der Waals surface area contributed by atoms with Gasteiger partial charge in [0, 0.05) is 20.0 Å². The minimum absolute atomic E-state index is 0.361. The molecule has 0 aliphatic heterocycles. The predicted molar refractivity (Wildman–Crippen MR) is 191 cm³/mol. The van der Waals surface area contributed by atoms with Crippen molar-refractivity contribution in [2.24, 2.45) is 11.8 Å². The van der Waals surface area contributed by atoms with Gasteiger partial charge < -0.3 is 0 Å². The zero-order valence-corrected chi connectivity index (χ0v) is 26.8. The van der Waals surface area contributed by atoms with E-state index in [0.717, 1.165) is 0 Å². The Morgan fingerprint density at radius 3 is 1.58 bits per heavy atom. The van der Waals surface area contributed by atoms with Gasteiger partial charge in [-0.15, -0.1) is 0 Å². The van der Waals surface area contributed by atoms with Crippen LogP contribution in [-0.4, -0.2) is 17.8 Å². The summed E-state index contributed by atoms with van der Waals surface area (Å²) in [6.07, 6.45) is 21.3. The monoisotopic (exact) mass is 597 g/mol. The third kappa shape index (κ3) is 7.25. The molecule has 43 heavy (non-hydrogen) atoms. The lowest BCUT2D eigenvalue weighted by atomic mass is 9.94. The van der Waals surface area contributed by atoms with Crippen LogP contribution < -0.4 is 21.2 Å². The van der Waals surface area contributed by atoms with Gasteiger partial charge >= 0.3 is 0 Å². The second-order valence-electron chi connectivity index (χ2n) is 11.4. The van der Waals surface area contributed by atoms with Gasteiger partial charge in [-0.2, -0.15) is 0 Å². The predicted octanol–water partition coefficient (Wildman–Crippen LogP) is 8.84. The van der Waals surface area contributed by atoms with Crippen molar-refractivity contribution in [3.05, 3.63) is 169 Å². The first-order valence-corrected chi connectivity index (χ1v) is 18.2. The van der Waals surface area contributed by atoms with Gasteiger partial charge in [0.1, 0.15) is 0 Å². The van der Waals surface area contributed by atoms with Crippen molar-refractivity contribution in [3.8, 4) is 0 Å². The smallest absolute Gasteiger partial charge is 0.0281 e. The molecule has 0 N–H and O–H groups in total. The molecule has 2 atom stereocenters. The third-order valence-corrected chi connectivity index (χ3v) is 13.6. The Labute approximate surface area is 260 Å². The fourth-order valence-corrected chi connectivity index (χ4v) is 11.6. The fraction of sp³-hybridized carbons (Fsp3) is 0.200. The summed E-state index contributed by atoms with van der Waals surface area (Å²) in [4.78, 5) is 0. The molecular formula is C40H41NP2. The first kappa shape index (κ1) is 29.7. The normalized spacial score (nSPS) is 16.9. The summed E-state index contributed by atoms with van der Waals surface area (Å²) in [6.45, 7) is 0. The Morgan fingerprint density at radius 1 is 0.581 bits per heavy atom. The second kappa shape index (κ2) is 14.9. The number of allylic oxidation sites excluding steroid dienone is 6. The molecular weight excluding hydrogens is 556 g/mol. The Balaban J connectivity index is 1.36. The Morgan fingerprint density at radius 2 is 1.07 bits per heavy atom. The molecule has 0 aromatic heterocycles. The van der Waals surface area contributed by atoms with Crippen LogP contribution in [0.4, 0.5) is 0 Å². The molecule has 6 rings (SSSR count). The van der Waals surface area contributed by atoms with Gasteiger partial charge in [-0.3, -0.25) is 4.67 Å². The van der Waals surface area contributed by atoms with E-state index >= 15 is 0 Å². The van der Waals surface area contributed by atoms with E-state index in [-0.39, 0.29) is 0 Å². The third-order valence-electron chi connectivity index (χ3n) is 8.54. The van der Waals surface area contributed by atoms with E-state index in [1.165, 1.54) is 46.9 Å². The summed E-state index contributed by atoms with van der Waals surface area (Å²) in [5.74, 6) is 0.966. The quantitative estimate of drug-likeness (QED) is 0.110. The van der Waals surface area contributed by atoms with Crippen LogP contribution in [-0.2, 0) is 0 Å². The minimum Gasteiger partial charge on any atom is -0.274 e. The van der Waals surface area contributed by atoms with E-state index in [2.05, 4.69) is 176 Å². The highest BCUT2D eigenvalue weighted by Crippen LogP contribution is 2.53. The van der Waals surface area contributed by atoms with Gasteiger partial charge in [0.25, 0.3) is 0 Å². The minimum atomic E-state index is -0.687. The van der Waals surface area contributed by atoms with E-state index in [1.54, 1.807) is 5.31 Å². The molecule has 0 saturated carbocycles. The van der Waals surface area contributed by atoms with E-state index in [1.807, 2.05) is 0 Å². The van der Waals surface area contributed by atoms with E-state index < -0.39 is 16.0 Å². The summed E-state index contributed by atoms with van der Waals surface area (Å²) in [5, 5.41) is 7.26. The van der Waals surface area contributed by atoms with Crippen LogP contribution in [0, 0.1) is 11.8 Å². The van der Waals surface area contributed by atoms with Gasteiger partial charge in [-0.1, -0.05) is 177 Å². The van der Waals surface area contributed by atoms with Gasteiger partial charge in [0.15, 0.2) is 0 Å². The average molecular weight is 598 g/mol. The molecule has 0 spiro atoms. The van der Waals surface area contributed by atoms with Gasteiger partial charge in [0.2, 0.25) is 0 Å². The van der Waals surface area contributed by atoms with Crippen LogP contribution in [0.3, 0.4) is 0 Å². The Hall–Kier alpha value is -3.34. The van der Waals surface area contributed by atoms with E-state index in [0.29, 0.717) is 17.9 Å². The zero-order valence-electron chi connectivity index (χ0n) is 25.0. The standard InChI is InChI=1S/C40H41NP2/c1-41(43(36-26-10-4-11-27-36)37-28-12-5-13-29-37)39(31-17-16-21-33-19-14-15-20-33)38-30-18-32-40(38)42(34-22-6-2-7-23-34)35-24-8-3-9-25-35/h2-15,18-20,22-30,32-33,38-39H,16-17,21,31H2,1H3/t38?,39-/m1/s1. The molecule has 0 bridgehead atoms. The summed E-state index contributed by atoms with van der Waals surface area (Å²) in [6, 6.07) is 45.2. The summed E-state index contributed by atoms with van der Waals surface area (Å²) < 4.78 is 2.76. The molecule has 0 radical (unpaired) electrons. The van der Waals surface area contributed by atoms with Crippen molar-refractivity contribution in [1.82, 2.24) is 4.67 Å². The van der Waals surface area contributed by atoms with Crippen LogP contribution in [0.2, 0.25) is 0 Å². The molecule has 1 nitrogen and oxygen atoms in total. The number of nitrogens with zero attached hydrogens (tertiary/aromatic N) is 1. The number of benzene rings is 4. The van der Waals surface area contributed by atoms with Crippen molar-refractivity contribution >= 4 is 37.2 Å². The van der Waals surface area contributed by atoms with Crippen molar-refractivity contribution < 1.29 is 0 Å². The molecule has 0 fully saturated rings. The number of unbranched alkanes of at least 4 members (excludes halogenated alkanes) is 1. The van der Waals surface area contributed by atoms with Crippen LogP contribution in [0.15, 0.2) is 169 Å². The largest absolute Gasteiger partial charge is 0.274 e. The SMILES string of the molecule is CN([C@H](CCCCC1C=CC=C1)C1C=CC=C1P(c1ccccc1)c1ccccc1)P(c1ccccc1)c1ccccc1. The Kier molecular flexibility index (Phi) is 10.3. The maximum Gasteiger partial charge on any atom is 0.0281 e. The Bertz CT molecular complexity index is 1450. The number of rotatable bonds is 13. The lowest BCUT2D eigenvalue weighted by Gasteiger charge is -2.40. The molecule has 216 valence electrons. The van der Waals surface area contributed by atoms with Crippen LogP contribution in [0.5, 0.6) is 0 Å². The molecule has 3 heteroatoms. The highest BCUT2D eigenvalue weighted by molar-refractivity contribution is 7.76. The molecule has 0 saturated heterocycles. The van der Waals surface area contributed by atoms with Crippen molar-refractivity contribution in [2.45, 2.75) is 31.7 Å². The molecule has 2 aliphatic carbocycles. The van der Waals surface area contributed by atoms with Gasteiger partial charge in [-0.25, -0.2) is 0 Å². The molecule has 0 amide bonds. The molecule has 0 heterocycles. The molecule has 4 aromatic carbocycles. The maximum atomic E-state index is 2.76. The van der Waals surface area contributed by atoms with Gasteiger partial charge in [0.05, 0.1) is 0 Å². The average Bonchev–Trinajstić information content (AvgIpc) is 3.76. The second-order valence-corrected chi connectivity index (χ2v) is 15.9. The van der Waals surface area contributed by atoms with Crippen LogP contribution >= 0.6 is 16.0 Å².